The molecule has 116 valence electrons. The molecule has 5 nitrogen and oxygen atoms in total. The summed E-state index contributed by atoms with van der Waals surface area (Å²) in [5.41, 5.74) is 1.71. The van der Waals surface area contributed by atoms with Gasteiger partial charge in [-0.05, 0) is 13.8 Å². The van der Waals surface area contributed by atoms with E-state index in [1.54, 1.807) is 36.8 Å². The van der Waals surface area contributed by atoms with Crippen molar-refractivity contribution in [1.29, 1.82) is 0 Å². The first-order valence-corrected chi connectivity index (χ1v) is 8.07. The topological polar surface area (TPSA) is 49.9 Å². The van der Waals surface area contributed by atoms with Crippen LogP contribution < -0.4 is 0 Å². The van der Waals surface area contributed by atoms with Crippen molar-refractivity contribution < 1.29 is 14.3 Å². The van der Waals surface area contributed by atoms with Crippen molar-refractivity contribution in [1.82, 2.24) is 9.80 Å². The van der Waals surface area contributed by atoms with Crippen LogP contribution in [0.1, 0.15) is 20.8 Å². The quantitative estimate of drug-likeness (QED) is 0.588. The molecule has 1 atom stereocenters. The van der Waals surface area contributed by atoms with Crippen LogP contribution in [0.15, 0.2) is 22.4 Å². The molecule has 2 rings (SSSR count). The fourth-order valence-electron chi connectivity index (χ4n) is 2.39. The summed E-state index contributed by atoms with van der Waals surface area (Å²) >= 11 is 1.61. The molecule has 1 unspecified atom stereocenters. The van der Waals surface area contributed by atoms with Gasteiger partial charge in [0.15, 0.2) is 0 Å². The minimum Gasteiger partial charge on any atom is -0.460 e. The molecule has 1 fully saturated rings. The zero-order valence-corrected chi connectivity index (χ0v) is 14.0. The largest absolute Gasteiger partial charge is 0.460 e. The average Bonchev–Trinajstić information content (AvgIpc) is 2.87. The summed E-state index contributed by atoms with van der Waals surface area (Å²) in [6, 6.07) is 0. The number of amides is 1. The number of carbonyl (C=O) groups excluding carboxylic acids is 2. The molecule has 0 aromatic heterocycles. The zero-order valence-electron chi connectivity index (χ0n) is 13.2. The number of nitrogens with zero attached hydrogens (tertiary/aromatic N) is 2. The molecule has 0 aliphatic carbocycles. The van der Waals surface area contributed by atoms with E-state index in [4.69, 9.17) is 4.74 Å². The van der Waals surface area contributed by atoms with Crippen molar-refractivity contribution in [2.45, 2.75) is 26.9 Å². The number of thioether (sulfide) groups is 1. The first-order valence-electron chi connectivity index (χ1n) is 7.08. The van der Waals surface area contributed by atoms with Crippen LogP contribution in [0.5, 0.6) is 0 Å². The van der Waals surface area contributed by atoms with Crippen LogP contribution in [0.4, 0.5) is 0 Å². The van der Waals surface area contributed by atoms with Crippen LogP contribution in [0.3, 0.4) is 0 Å². The molecular weight excluding hydrogens is 288 g/mol. The van der Waals surface area contributed by atoms with Gasteiger partial charge >= 0.3 is 5.97 Å². The molecule has 0 spiro atoms. The Morgan fingerprint density at radius 1 is 1.43 bits per heavy atom. The maximum Gasteiger partial charge on any atom is 0.337 e. The number of hydrogen-bond donors (Lipinski definition) is 0. The second-order valence-electron chi connectivity index (χ2n) is 5.84. The standard InChI is InChI=1S/C15H22N2O3S/c1-9(2)20-15(19)13-10(3)7-17-11(8-21-14(13)17)6-12(18)16(4)5/h6,9-10H,7-8H2,1-5H3/b11-6-. The molecule has 6 heteroatoms. The van der Waals surface area contributed by atoms with Gasteiger partial charge < -0.3 is 14.5 Å². The van der Waals surface area contributed by atoms with Gasteiger partial charge in [0.25, 0.3) is 0 Å². The molecule has 0 saturated carbocycles. The Labute approximate surface area is 130 Å². The Hall–Kier alpha value is -1.43. The minimum atomic E-state index is -0.234. The van der Waals surface area contributed by atoms with Gasteiger partial charge in [-0.1, -0.05) is 6.92 Å². The molecule has 1 amide bonds. The third-order valence-corrected chi connectivity index (χ3v) is 4.58. The predicted octanol–water partition coefficient (Wildman–Crippen LogP) is 1.82. The summed E-state index contributed by atoms with van der Waals surface area (Å²) in [5.74, 6) is 0.581. The zero-order chi connectivity index (χ0) is 15.7. The van der Waals surface area contributed by atoms with Gasteiger partial charge in [-0.2, -0.15) is 0 Å². The van der Waals surface area contributed by atoms with Gasteiger partial charge in [-0.25, -0.2) is 4.79 Å². The molecular formula is C15H22N2O3S. The lowest BCUT2D eigenvalue weighted by Gasteiger charge is -2.16. The van der Waals surface area contributed by atoms with E-state index in [1.165, 1.54) is 0 Å². The highest BCUT2D eigenvalue weighted by Crippen LogP contribution is 2.45. The number of fused-ring (bicyclic) bond motifs is 1. The Morgan fingerprint density at radius 2 is 2.10 bits per heavy atom. The molecule has 0 aromatic rings. The van der Waals surface area contributed by atoms with Crippen LogP contribution >= 0.6 is 11.8 Å². The first kappa shape index (κ1) is 15.9. The van der Waals surface area contributed by atoms with Gasteiger partial charge in [0.2, 0.25) is 5.91 Å². The monoisotopic (exact) mass is 310 g/mol. The van der Waals surface area contributed by atoms with Crippen molar-refractivity contribution in [3.8, 4) is 0 Å². The van der Waals surface area contributed by atoms with E-state index in [2.05, 4.69) is 4.90 Å². The van der Waals surface area contributed by atoms with Crippen molar-refractivity contribution in [2.24, 2.45) is 5.92 Å². The molecule has 2 aliphatic heterocycles. The lowest BCUT2D eigenvalue weighted by Crippen LogP contribution is -2.23. The molecule has 0 N–H and O–H groups in total. The fourth-order valence-corrected chi connectivity index (χ4v) is 3.70. The van der Waals surface area contributed by atoms with Gasteiger partial charge in [0.05, 0.1) is 16.7 Å². The van der Waals surface area contributed by atoms with Crippen LogP contribution in [-0.2, 0) is 14.3 Å². The third kappa shape index (κ3) is 3.26. The third-order valence-electron chi connectivity index (χ3n) is 3.42. The highest BCUT2D eigenvalue weighted by atomic mass is 32.2. The van der Waals surface area contributed by atoms with E-state index in [1.807, 2.05) is 20.8 Å². The van der Waals surface area contributed by atoms with E-state index in [9.17, 15) is 9.59 Å². The Bertz CT molecular complexity index is 523. The molecule has 0 aromatic carbocycles. The van der Waals surface area contributed by atoms with Crippen LogP contribution in [0.25, 0.3) is 0 Å². The number of esters is 1. The predicted molar refractivity (Wildman–Crippen MR) is 83.4 cm³/mol. The van der Waals surface area contributed by atoms with Crippen molar-refractivity contribution >= 4 is 23.6 Å². The van der Waals surface area contributed by atoms with E-state index < -0.39 is 0 Å². The molecule has 2 heterocycles. The summed E-state index contributed by atoms with van der Waals surface area (Å²) in [6.07, 6.45) is 1.53. The summed E-state index contributed by atoms with van der Waals surface area (Å²) in [6.45, 7) is 6.46. The summed E-state index contributed by atoms with van der Waals surface area (Å²) < 4.78 is 5.34. The SMILES string of the molecule is CC(C)OC(=O)C1=C2SC/C(=C/C(=O)N(C)C)N2CC1C. The second-order valence-corrected chi connectivity index (χ2v) is 6.81. The number of ether oxygens (including phenoxy) is 1. The lowest BCUT2D eigenvalue weighted by molar-refractivity contribution is -0.143. The van der Waals surface area contributed by atoms with E-state index in [-0.39, 0.29) is 23.9 Å². The lowest BCUT2D eigenvalue weighted by atomic mass is 10.1. The number of rotatable bonds is 3. The van der Waals surface area contributed by atoms with Gasteiger partial charge in [0.1, 0.15) is 0 Å². The Balaban J connectivity index is 2.24. The van der Waals surface area contributed by atoms with Crippen molar-refractivity contribution in [2.75, 3.05) is 26.4 Å². The number of hydrogen-bond acceptors (Lipinski definition) is 5. The minimum absolute atomic E-state index is 0.0299. The number of likely N-dealkylation sites (N-methyl/N-ethyl adjacent to an activating group) is 1. The van der Waals surface area contributed by atoms with Gasteiger partial charge in [-0.3, -0.25) is 4.79 Å². The highest BCUT2D eigenvalue weighted by Gasteiger charge is 2.39. The molecule has 21 heavy (non-hydrogen) atoms. The summed E-state index contributed by atoms with van der Waals surface area (Å²) in [7, 11) is 3.46. The average molecular weight is 310 g/mol. The highest BCUT2D eigenvalue weighted by molar-refractivity contribution is 8.03. The molecule has 0 bridgehead atoms. The van der Waals surface area contributed by atoms with Crippen molar-refractivity contribution in [3.05, 3.63) is 22.4 Å². The van der Waals surface area contributed by atoms with Crippen molar-refractivity contribution in [3.63, 3.8) is 0 Å². The first-order chi connectivity index (χ1) is 9.81. The van der Waals surface area contributed by atoms with Gasteiger partial charge in [0, 0.05) is 44.1 Å². The van der Waals surface area contributed by atoms with E-state index in [0.717, 1.165) is 28.6 Å². The molecule has 1 saturated heterocycles. The maximum absolute atomic E-state index is 12.2. The Morgan fingerprint density at radius 3 is 2.67 bits per heavy atom. The smallest absolute Gasteiger partial charge is 0.337 e. The normalized spacial score (nSPS) is 23.0. The summed E-state index contributed by atoms with van der Waals surface area (Å²) in [4.78, 5) is 27.7. The fraction of sp³-hybridized carbons (Fsp3) is 0.600. The van der Waals surface area contributed by atoms with Crippen LogP contribution in [0.2, 0.25) is 0 Å². The molecule has 2 aliphatic rings. The maximum atomic E-state index is 12.2. The second kappa shape index (κ2) is 6.13. The van der Waals surface area contributed by atoms with Crippen LogP contribution in [0, 0.1) is 5.92 Å². The Kier molecular flexibility index (Phi) is 4.66. The van der Waals surface area contributed by atoms with E-state index in [0.29, 0.717) is 0 Å². The van der Waals surface area contributed by atoms with E-state index >= 15 is 0 Å². The molecule has 0 radical (unpaired) electrons. The number of carbonyl (C=O) groups is 2. The van der Waals surface area contributed by atoms with Crippen LogP contribution in [-0.4, -0.2) is 54.2 Å². The summed E-state index contributed by atoms with van der Waals surface area (Å²) in [5, 5.41) is 0.950. The van der Waals surface area contributed by atoms with Gasteiger partial charge in [-0.15, -0.1) is 11.8 Å².